The van der Waals surface area contributed by atoms with Crippen molar-refractivity contribution in [2.24, 2.45) is 0 Å². The van der Waals surface area contributed by atoms with Crippen LogP contribution in [0.5, 0.6) is 0 Å². The van der Waals surface area contributed by atoms with Gasteiger partial charge in [0.2, 0.25) is 0 Å². The van der Waals surface area contributed by atoms with Crippen molar-refractivity contribution in [3.05, 3.63) is 92.8 Å². The molecule has 4 rings (SSSR count). The molecule has 0 saturated heterocycles. The topological polar surface area (TPSA) is 42.5 Å². The van der Waals surface area contributed by atoms with Gasteiger partial charge in [-0.05, 0) is 24.1 Å². The molecule has 2 heterocycles. The molecule has 2 aromatic rings. The number of ether oxygens (including phenoxy) is 2. The zero-order valence-electron chi connectivity index (χ0n) is 17.8. The second kappa shape index (κ2) is 10.5. The highest BCUT2D eigenvalue weighted by Crippen LogP contribution is 2.48. The Bertz CT molecular complexity index is 1000. The van der Waals surface area contributed by atoms with Gasteiger partial charge in [-0.15, -0.1) is 0 Å². The minimum Gasteiger partial charge on any atom is -0.494 e. The van der Waals surface area contributed by atoms with Gasteiger partial charge >= 0.3 is 0 Å². The highest BCUT2D eigenvalue weighted by atomic mass is 35.5. The number of dihydropyridines is 1. The van der Waals surface area contributed by atoms with E-state index in [1.807, 2.05) is 24.3 Å². The molecule has 2 unspecified atom stereocenters. The van der Waals surface area contributed by atoms with Crippen LogP contribution in [0.4, 0.5) is 0 Å². The van der Waals surface area contributed by atoms with E-state index in [0.29, 0.717) is 13.2 Å². The zero-order chi connectivity index (χ0) is 21.6. The number of allylic oxidation sites excluding steroid dienone is 2. The Morgan fingerprint density at radius 2 is 1.97 bits per heavy atom. The molecule has 0 fully saturated rings. The molecule has 2 aromatic carbocycles. The number of halogens is 1. The molecule has 0 bridgehead atoms. The van der Waals surface area contributed by atoms with Crippen molar-refractivity contribution >= 4 is 28.0 Å². The van der Waals surface area contributed by atoms with E-state index < -0.39 is 0 Å². The highest BCUT2D eigenvalue weighted by molar-refractivity contribution is 8.17. The molecule has 0 amide bonds. The largest absolute Gasteiger partial charge is 0.494 e. The Kier molecular flexibility index (Phi) is 7.51. The van der Waals surface area contributed by atoms with Gasteiger partial charge in [0, 0.05) is 28.8 Å². The fraction of sp³-hybridized carbons (Fsp3) is 0.320. The third kappa shape index (κ3) is 5.24. The number of benzene rings is 2. The Labute approximate surface area is 192 Å². The lowest BCUT2D eigenvalue weighted by atomic mass is 9.92. The molecule has 2 N–H and O–H groups in total. The van der Waals surface area contributed by atoms with E-state index in [9.17, 15) is 0 Å². The molecular weight excluding hydrogens is 428 g/mol. The number of nitrogens with one attached hydrogen (secondary N) is 2. The van der Waals surface area contributed by atoms with E-state index in [4.69, 9.17) is 21.1 Å². The lowest BCUT2D eigenvalue weighted by Crippen LogP contribution is -2.29. The summed E-state index contributed by atoms with van der Waals surface area (Å²) in [5.41, 5.74) is 4.44. The summed E-state index contributed by atoms with van der Waals surface area (Å²) < 4.78 is 12.2. The van der Waals surface area contributed by atoms with Crippen molar-refractivity contribution in [1.29, 1.82) is 0 Å². The monoisotopic (exact) mass is 456 g/mol. The number of rotatable bonds is 7. The normalized spacial score (nSPS) is 21.4. The molecule has 0 saturated carbocycles. The van der Waals surface area contributed by atoms with Crippen LogP contribution >= 0.6 is 22.1 Å². The molecule has 2 aliphatic heterocycles. The predicted molar refractivity (Wildman–Crippen MR) is 132 cm³/mol. The summed E-state index contributed by atoms with van der Waals surface area (Å²) in [6, 6.07) is 18.4. The highest BCUT2D eigenvalue weighted by Gasteiger charge is 2.34. The number of hydrogen-bond acceptors (Lipinski definition) is 4. The zero-order valence-corrected chi connectivity index (χ0v) is 19.4. The molecule has 2 aliphatic rings. The SMILES string of the molecule is C=S1CCOCC2=C1C(c1ccccc1Cl)C(OCCNCc1ccccc1)=C(C)N2. The fourth-order valence-corrected chi connectivity index (χ4v) is 5.81. The Hall–Kier alpha value is -2.05. The lowest BCUT2D eigenvalue weighted by molar-refractivity contribution is 0.166. The van der Waals surface area contributed by atoms with Gasteiger partial charge in [-0.25, -0.2) is 0 Å². The van der Waals surface area contributed by atoms with Gasteiger partial charge in [-0.3, -0.25) is 0 Å². The third-order valence-electron chi connectivity index (χ3n) is 5.49. The average molecular weight is 457 g/mol. The first-order valence-corrected chi connectivity index (χ1v) is 12.5. The van der Waals surface area contributed by atoms with E-state index >= 15 is 0 Å². The molecule has 0 spiro atoms. The van der Waals surface area contributed by atoms with E-state index in [0.717, 1.165) is 53.2 Å². The number of hydrogen-bond donors (Lipinski definition) is 2. The van der Waals surface area contributed by atoms with E-state index in [1.54, 1.807) is 0 Å². The molecule has 0 radical (unpaired) electrons. The molecule has 31 heavy (non-hydrogen) atoms. The molecule has 4 nitrogen and oxygen atoms in total. The van der Waals surface area contributed by atoms with Gasteiger partial charge in [0.15, 0.2) is 0 Å². The van der Waals surface area contributed by atoms with Gasteiger partial charge < -0.3 is 20.1 Å². The van der Waals surface area contributed by atoms with Crippen LogP contribution in [0, 0.1) is 0 Å². The summed E-state index contributed by atoms with van der Waals surface area (Å²) >= 11 is 6.66. The smallest absolute Gasteiger partial charge is 0.127 e. The van der Waals surface area contributed by atoms with Gasteiger partial charge in [-0.2, -0.15) is 10.5 Å². The standard InChI is InChI=1S/C25H29ClN2O2S/c1-18-24(30-13-12-27-16-19-8-4-3-5-9-19)23(20-10-6-7-11-21(20)26)25-22(28-18)17-29-14-15-31(25)2/h3-11,23,27-28H,2,12-17H2,1H3. The Morgan fingerprint density at radius 3 is 2.77 bits per heavy atom. The third-order valence-corrected chi connectivity index (χ3v) is 7.59. The molecule has 0 aliphatic carbocycles. The second-order valence-electron chi connectivity index (χ2n) is 7.67. The quantitative estimate of drug-likeness (QED) is 0.454. The van der Waals surface area contributed by atoms with Gasteiger partial charge in [0.1, 0.15) is 12.4 Å². The van der Waals surface area contributed by atoms with Crippen molar-refractivity contribution in [2.45, 2.75) is 19.4 Å². The summed E-state index contributed by atoms with van der Waals surface area (Å²) in [7, 11) is -0.179. The summed E-state index contributed by atoms with van der Waals surface area (Å²) in [6.45, 7) is 5.50. The maximum absolute atomic E-state index is 6.66. The first-order valence-electron chi connectivity index (χ1n) is 10.6. The van der Waals surface area contributed by atoms with Crippen LogP contribution < -0.4 is 10.6 Å². The maximum atomic E-state index is 6.66. The van der Waals surface area contributed by atoms with Crippen molar-refractivity contribution in [2.75, 3.05) is 32.1 Å². The van der Waals surface area contributed by atoms with Crippen LogP contribution in [0.2, 0.25) is 5.02 Å². The van der Waals surface area contributed by atoms with Crippen molar-refractivity contribution < 1.29 is 9.47 Å². The van der Waals surface area contributed by atoms with Crippen molar-refractivity contribution in [3.63, 3.8) is 0 Å². The molecule has 0 aromatic heterocycles. The summed E-state index contributed by atoms with van der Waals surface area (Å²) in [5.74, 6) is 6.26. The van der Waals surface area contributed by atoms with Gasteiger partial charge in [0.25, 0.3) is 0 Å². The van der Waals surface area contributed by atoms with E-state index in [-0.39, 0.29) is 16.4 Å². The Balaban J connectivity index is 1.53. The van der Waals surface area contributed by atoms with E-state index in [1.165, 1.54) is 10.5 Å². The molecular formula is C25H29ClN2O2S. The van der Waals surface area contributed by atoms with E-state index in [2.05, 4.69) is 53.8 Å². The van der Waals surface area contributed by atoms with Crippen molar-refractivity contribution in [1.82, 2.24) is 10.6 Å². The molecule has 2 atom stereocenters. The van der Waals surface area contributed by atoms with Crippen molar-refractivity contribution in [3.8, 4) is 0 Å². The van der Waals surface area contributed by atoms with Crippen LogP contribution in [0.25, 0.3) is 0 Å². The lowest BCUT2D eigenvalue weighted by Gasteiger charge is -2.33. The molecule has 6 heteroatoms. The summed E-state index contributed by atoms with van der Waals surface area (Å²) in [6.07, 6.45) is 0. The summed E-state index contributed by atoms with van der Waals surface area (Å²) in [5, 5.41) is 7.75. The second-order valence-corrected chi connectivity index (χ2v) is 9.91. The van der Waals surface area contributed by atoms with Gasteiger partial charge in [0.05, 0.1) is 30.5 Å². The average Bonchev–Trinajstić information content (AvgIpc) is 2.96. The van der Waals surface area contributed by atoms with Gasteiger partial charge in [-0.1, -0.05) is 66.0 Å². The van der Waals surface area contributed by atoms with Crippen LogP contribution in [0.3, 0.4) is 0 Å². The van der Waals surface area contributed by atoms with Crippen LogP contribution in [-0.4, -0.2) is 38.0 Å². The summed E-state index contributed by atoms with van der Waals surface area (Å²) in [4.78, 5) is 1.25. The maximum Gasteiger partial charge on any atom is 0.127 e. The molecule has 164 valence electrons. The van der Waals surface area contributed by atoms with Crippen LogP contribution in [-0.2, 0) is 16.0 Å². The fourth-order valence-electron chi connectivity index (χ4n) is 4.00. The predicted octanol–water partition coefficient (Wildman–Crippen LogP) is 5.01. The minimum absolute atomic E-state index is 0.0402. The first kappa shape index (κ1) is 22.2. The first-order chi connectivity index (χ1) is 15.1. The minimum atomic E-state index is -0.179. The van der Waals surface area contributed by atoms with Crippen LogP contribution in [0.1, 0.15) is 24.0 Å². The Morgan fingerprint density at radius 1 is 1.19 bits per heavy atom. The van der Waals surface area contributed by atoms with Crippen LogP contribution in [0.15, 0.2) is 76.7 Å².